The first-order chi connectivity index (χ1) is 16.3. The quantitative estimate of drug-likeness (QED) is 0.362. The van der Waals surface area contributed by atoms with Gasteiger partial charge >= 0.3 is 6.18 Å². The number of hydrogen-bond donors (Lipinski definition) is 0. The average molecular weight is 471 g/mol. The Morgan fingerprint density at radius 2 is 1.82 bits per heavy atom. The summed E-state index contributed by atoms with van der Waals surface area (Å²) in [6.45, 7) is 0.0653. The van der Waals surface area contributed by atoms with E-state index in [4.69, 9.17) is 4.52 Å². The van der Waals surface area contributed by atoms with Crippen molar-refractivity contribution < 1.29 is 22.1 Å². The molecule has 0 N–H and O–H groups in total. The molecule has 172 valence electrons. The van der Waals surface area contributed by atoms with Crippen molar-refractivity contribution in [2.75, 3.05) is 0 Å². The Morgan fingerprint density at radius 3 is 2.59 bits per heavy atom. The molecule has 0 radical (unpaired) electrons. The lowest BCUT2D eigenvalue weighted by atomic mass is 10.1. The first-order valence-corrected chi connectivity index (χ1v) is 9.81. The first kappa shape index (κ1) is 21.4. The van der Waals surface area contributed by atoms with Crippen molar-refractivity contribution in [1.82, 2.24) is 34.7 Å². The molecule has 3 heterocycles. The van der Waals surface area contributed by atoms with Gasteiger partial charge in [-0.3, -0.25) is 9.36 Å². The fourth-order valence-electron chi connectivity index (χ4n) is 3.29. The molecule has 9 nitrogen and oxygen atoms in total. The standard InChI is InChI=1S/C21H13F4N7O2/c22-15-6-4-12(5-7-15)9-32-19-17(28-30-32)20(33)31(11-26-19)10-16-27-18(29-34-16)13-2-1-3-14(8-13)21(23,24)25/h1-8,11H,9-10H2. The summed E-state index contributed by atoms with van der Waals surface area (Å²) < 4.78 is 59.6. The summed E-state index contributed by atoms with van der Waals surface area (Å²) in [7, 11) is 0. The van der Waals surface area contributed by atoms with Crippen LogP contribution >= 0.6 is 0 Å². The van der Waals surface area contributed by atoms with E-state index in [-0.39, 0.29) is 47.3 Å². The van der Waals surface area contributed by atoms with E-state index in [1.807, 2.05) is 0 Å². The van der Waals surface area contributed by atoms with E-state index in [0.29, 0.717) is 0 Å². The third kappa shape index (κ3) is 4.14. The molecule has 0 spiro atoms. The number of hydrogen-bond acceptors (Lipinski definition) is 7. The number of aromatic nitrogens is 7. The van der Waals surface area contributed by atoms with Gasteiger partial charge in [0.05, 0.1) is 12.1 Å². The van der Waals surface area contributed by atoms with Crippen LogP contribution in [-0.4, -0.2) is 34.7 Å². The Hall–Kier alpha value is -4.42. The number of fused-ring (bicyclic) bond motifs is 1. The molecule has 5 aromatic rings. The lowest BCUT2D eigenvalue weighted by Gasteiger charge is -2.06. The number of benzene rings is 2. The SMILES string of the molecule is O=c1c2nnn(Cc3ccc(F)cc3)c2ncn1Cc1nc(-c2cccc(C(F)(F)F)c2)no1. The van der Waals surface area contributed by atoms with Crippen molar-refractivity contribution in [1.29, 1.82) is 0 Å². The average Bonchev–Trinajstić information content (AvgIpc) is 3.44. The molecular weight excluding hydrogens is 458 g/mol. The molecule has 0 fully saturated rings. The molecule has 0 atom stereocenters. The molecule has 0 aliphatic rings. The predicted molar refractivity (Wildman–Crippen MR) is 109 cm³/mol. The highest BCUT2D eigenvalue weighted by Crippen LogP contribution is 2.31. The van der Waals surface area contributed by atoms with Gasteiger partial charge in [-0.25, -0.2) is 14.1 Å². The van der Waals surface area contributed by atoms with Gasteiger partial charge in [0, 0.05) is 5.56 Å². The first-order valence-electron chi connectivity index (χ1n) is 9.81. The second-order valence-electron chi connectivity index (χ2n) is 7.31. The second-order valence-corrected chi connectivity index (χ2v) is 7.31. The van der Waals surface area contributed by atoms with Crippen molar-refractivity contribution in [3.8, 4) is 11.4 Å². The zero-order valence-corrected chi connectivity index (χ0v) is 17.1. The van der Waals surface area contributed by atoms with Gasteiger partial charge in [0.25, 0.3) is 5.56 Å². The molecule has 0 saturated heterocycles. The molecule has 0 amide bonds. The molecule has 3 aromatic heterocycles. The van der Waals surface area contributed by atoms with Crippen LogP contribution in [0, 0.1) is 5.82 Å². The maximum Gasteiger partial charge on any atom is 0.416 e. The topological polar surface area (TPSA) is 105 Å². The Labute approximate surface area is 187 Å². The summed E-state index contributed by atoms with van der Waals surface area (Å²) in [5, 5.41) is 11.5. The zero-order valence-electron chi connectivity index (χ0n) is 17.1. The van der Waals surface area contributed by atoms with Crippen molar-refractivity contribution in [2.24, 2.45) is 0 Å². The third-order valence-electron chi connectivity index (χ3n) is 4.96. The summed E-state index contributed by atoms with van der Waals surface area (Å²) in [4.78, 5) is 21.1. The second kappa shape index (κ2) is 8.17. The molecule has 0 aliphatic carbocycles. The van der Waals surface area contributed by atoms with Gasteiger partial charge in [0.2, 0.25) is 11.7 Å². The van der Waals surface area contributed by atoms with Gasteiger partial charge in [0.1, 0.15) is 18.7 Å². The Kier molecular flexibility index (Phi) is 5.15. The highest BCUT2D eigenvalue weighted by molar-refractivity contribution is 5.67. The van der Waals surface area contributed by atoms with Crippen LogP contribution in [0.25, 0.3) is 22.6 Å². The number of nitrogens with zero attached hydrogens (tertiary/aromatic N) is 7. The van der Waals surface area contributed by atoms with E-state index in [0.717, 1.165) is 17.7 Å². The van der Waals surface area contributed by atoms with Gasteiger partial charge in [-0.05, 0) is 29.8 Å². The highest BCUT2D eigenvalue weighted by Gasteiger charge is 2.30. The van der Waals surface area contributed by atoms with Crippen molar-refractivity contribution >= 4 is 11.2 Å². The summed E-state index contributed by atoms with van der Waals surface area (Å²) in [6.07, 6.45) is -3.26. The molecule has 0 bridgehead atoms. The largest absolute Gasteiger partial charge is 0.416 e. The Morgan fingerprint density at radius 1 is 1.03 bits per heavy atom. The predicted octanol–water partition coefficient (Wildman–Crippen LogP) is 3.29. The van der Waals surface area contributed by atoms with Crippen LogP contribution in [-0.2, 0) is 19.3 Å². The van der Waals surface area contributed by atoms with Crippen LogP contribution in [0.2, 0.25) is 0 Å². The van der Waals surface area contributed by atoms with Gasteiger partial charge in [-0.1, -0.05) is 34.6 Å². The molecule has 5 rings (SSSR count). The van der Waals surface area contributed by atoms with E-state index in [1.54, 1.807) is 12.1 Å². The molecule has 0 unspecified atom stereocenters. The fraction of sp³-hybridized carbons (Fsp3) is 0.143. The van der Waals surface area contributed by atoms with Gasteiger partial charge < -0.3 is 4.52 Å². The molecule has 34 heavy (non-hydrogen) atoms. The highest BCUT2D eigenvalue weighted by atomic mass is 19.4. The van der Waals surface area contributed by atoms with Crippen LogP contribution in [0.5, 0.6) is 0 Å². The summed E-state index contributed by atoms with van der Waals surface area (Å²) in [5.74, 6) is -0.423. The van der Waals surface area contributed by atoms with E-state index in [2.05, 4.69) is 25.4 Å². The van der Waals surface area contributed by atoms with E-state index in [1.165, 1.54) is 39.8 Å². The normalized spacial score (nSPS) is 11.9. The number of alkyl halides is 3. The van der Waals surface area contributed by atoms with E-state index >= 15 is 0 Å². The van der Waals surface area contributed by atoms with Crippen LogP contribution in [0.1, 0.15) is 17.0 Å². The van der Waals surface area contributed by atoms with Crippen LogP contribution in [0.4, 0.5) is 17.6 Å². The Bertz CT molecular complexity index is 1540. The summed E-state index contributed by atoms with van der Waals surface area (Å²) in [5.41, 5.74) is -0.259. The lowest BCUT2D eigenvalue weighted by Crippen LogP contribution is -2.21. The van der Waals surface area contributed by atoms with Gasteiger partial charge in [-0.15, -0.1) is 5.10 Å². The molecule has 0 saturated carbocycles. The van der Waals surface area contributed by atoms with Crippen molar-refractivity contribution in [2.45, 2.75) is 19.3 Å². The maximum atomic E-state index is 13.1. The minimum atomic E-state index is -4.51. The van der Waals surface area contributed by atoms with Gasteiger partial charge in [-0.2, -0.15) is 18.2 Å². The Balaban J connectivity index is 1.39. The monoisotopic (exact) mass is 471 g/mol. The third-order valence-corrected chi connectivity index (χ3v) is 4.96. The molecule has 2 aromatic carbocycles. The number of halogens is 4. The van der Waals surface area contributed by atoms with Gasteiger partial charge in [0.15, 0.2) is 11.2 Å². The van der Waals surface area contributed by atoms with Crippen LogP contribution in [0.15, 0.2) is 64.2 Å². The number of rotatable bonds is 5. The minimum absolute atomic E-state index is 0.00206. The summed E-state index contributed by atoms with van der Waals surface area (Å²) >= 11 is 0. The van der Waals surface area contributed by atoms with E-state index < -0.39 is 17.3 Å². The summed E-state index contributed by atoms with van der Waals surface area (Å²) in [6, 6.07) is 10.3. The van der Waals surface area contributed by atoms with Crippen molar-refractivity contribution in [3.63, 3.8) is 0 Å². The molecular formula is C21H13F4N7O2. The fourth-order valence-corrected chi connectivity index (χ4v) is 3.29. The molecule has 0 aliphatic heterocycles. The smallest absolute Gasteiger partial charge is 0.337 e. The zero-order chi connectivity index (χ0) is 23.9. The van der Waals surface area contributed by atoms with E-state index in [9.17, 15) is 22.4 Å². The van der Waals surface area contributed by atoms with Crippen LogP contribution < -0.4 is 5.56 Å². The minimum Gasteiger partial charge on any atom is -0.337 e. The van der Waals surface area contributed by atoms with Crippen molar-refractivity contribution in [3.05, 3.63) is 88.0 Å². The van der Waals surface area contributed by atoms with Crippen LogP contribution in [0.3, 0.4) is 0 Å². The molecule has 13 heteroatoms. The lowest BCUT2D eigenvalue weighted by molar-refractivity contribution is -0.137. The maximum absolute atomic E-state index is 13.1.